The summed E-state index contributed by atoms with van der Waals surface area (Å²) >= 11 is 1.47. The van der Waals surface area contributed by atoms with Crippen LogP contribution in [0.5, 0.6) is 5.88 Å². The number of fused-ring (bicyclic) bond motifs is 1. The second-order valence-corrected chi connectivity index (χ2v) is 7.86. The highest BCUT2D eigenvalue weighted by Crippen LogP contribution is 2.45. The minimum atomic E-state index is -0.891. The fourth-order valence-corrected chi connectivity index (χ4v) is 4.64. The van der Waals surface area contributed by atoms with Crippen LogP contribution in [0.15, 0.2) is 35.6 Å². The summed E-state index contributed by atoms with van der Waals surface area (Å²) < 4.78 is 25.5. The molecule has 29 heavy (non-hydrogen) atoms. The van der Waals surface area contributed by atoms with Gasteiger partial charge in [-0.3, -0.25) is 4.79 Å². The number of nitrogens with one attached hydrogen (secondary N) is 1. The number of methoxy groups -OCH3 is 1. The molecule has 3 N–H and O–H groups in total. The van der Waals surface area contributed by atoms with Gasteiger partial charge in [0.2, 0.25) is 5.88 Å². The van der Waals surface area contributed by atoms with Crippen LogP contribution >= 0.6 is 11.8 Å². The lowest BCUT2D eigenvalue weighted by Gasteiger charge is -2.43. The number of benzene rings is 1. The van der Waals surface area contributed by atoms with Crippen LogP contribution in [0, 0.1) is 11.7 Å². The maximum atomic E-state index is 14.9. The second-order valence-electron chi connectivity index (χ2n) is 6.82. The number of anilines is 1. The molecule has 2 aliphatic rings. The van der Waals surface area contributed by atoms with Crippen molar-refractivity contribution in [1.82, 2.24) is 9.97 Å². The number of ether oxygens (including phenoxy) is 2. The van der Waals surface area contributed by atoms with E-state index in [4.69, 9.17) is 15.2 Å². The molecule has 1 aromatic carbocycles. The molecule has 1 aromatic heterocycles. The molecule has 1 amide bonds. The zero-order valence-corrected chi connectivity index (χ0v) is 16.5. The van der Waals surface area contributed by atoms with Gasteiger partial charge in [0.1, 0.15) is 17.1 Å². The third-order valence-corrected chi connectivity index (χ3v) is 6.07. The summed E-state index contributed by atoms with van der Waals surface area (Å²) in [6.45, 7) is 0.855. The Morgan fingerprint density at radius 1 is 1.41 bits per heavy atom. The van der Waals surface area contributed by atoms with Gasteiger partial charge in [0, 0.05) is 29.5 Å². The van der Waals surface area contributed by atoms with Crippen LogP contribution in [0.3, 0.4) is 0 Å². The van der Waals surface area contributed by atoms with Gasteiger partial charge in [-0.05, 0) is 24.6 Å². The van der Waals surface area contributed by atoms with Crippen molar-refractivity contribution in [3.05, 3.63) is 47.7 Å². The number of halogens is 1. The van der Waals surface area contributed by atoms with Crippen molar-refractivity contribution in [2.75, 3.05) is 31.4 Å². The number of nitrogens with zero attached hydrogens (tertiary/aromatic N) is 3. The molecule has 2 atom stereocenters. The lowest BCUT2D eigenvalue weighted by molar-refractivity contribution is 0.00304. The van der Waals surface area contributed by atoms with Gasteiger partial charge in [-0.25, -0.2) is 19.4 Å². The molecule has 3 heterocycles. The Labute approximate surface area is 171 Å². The number of amides is 1. The van der Waals surface area contributed by atoms with Gasteiger partial charge in [0.05, 0.1) is 26.1 Å². The zero-order valence-electron chi connectivity index (χ0n) is 15.7. The molecular formula is C19H20FN5O3S. The minimum Gasteiger partial charge on any atom is -0.480 e. The maximum absolute atomic E-state index is 14.9. The van der Waals surface area contributed by atoms with Crippen molar-refractivity contribution >= 4 is 28.5 Å². The van der Waals surface area contributed by atoms with Crippen molar-refractivity contribution in [3.8, 4) is 5.88 Å². The number of amidine groups is 1. The minimum absolute atomic E-state index is 0.0986. The number of hydrogen-bond acceptors (Lipinski definition) is 8. The predicted molar refractivity (Wildman–Crippen MR) is 108 cm³/mol. The number of thioether (sulfide) groups is 1. The average molecular weight is 417 g/mol. The van der Waals surface area contributed by atoms with Crippen molar-refractivity contribution in [3.63, 3.8) is 0 Å². The first-order valence-corrected chi connectivity index (χ1v) is 10.0. The van der Waals surface area contributed by atoms with Crippen LogP contribution in [-0.4, -0.2) is 47.1 Å². The fraction of sp³-hybridized carbons (Fsp3) is 0.368. The lowest BCUT2D eigenvalue weighted by atomic mass is 9.76. The Morgan fingerprint density at radius 2 is 2.28 bits per heavy atom. The molecular weight excluding hydrogens is 397 g/mol. The number of carbonyl (C=O) groups excluding carboxylic acids is 1. The van der Waals surface area contributed by atoms with Crippen molar-refractivity contribution < 1.29 is 18.7 Å². The van der Waals surface area contributed by atoms with Crippen molar-refractivity contribution in [1.29, 1.82) is 0 Å². The molecule has 0 saturated carbocycles. The monoisotopic (exact) mass is 417 g/mol. The van der Waals surface area contributed by atoms with Crippen LogP contribution in [-0.2, 0) is 10.3 Å². The molecule has 1 saturated heterocycles. The van der Waals surface area contributed by atoms with Gasteiger partial charge in [-0.1, -0.05) is 11.8 Å². The van der Waals surface area contributed by atoms with E-state index in [0.717, 1.165) is 12.2 Å². The third-order valence-electron chi connectivity index (χ3n) is 5.11. The normalized spacial score (nSPS) is 23.7. The van der Waals surface area contributed by atoms with Crippen LogP contribution in [0.1, 0.15) is 22.5 Å². The number of aromatic nitrogens is 2. The van der Waals surface area contributed by atoms with Crippen LogP contribution in [0.2, 0.25) is 0 Å². The summed E-state index contributed by atoms with van der Waals surface area (Å²) in [5.41, 5.74) is 5.99. The molecule has 0 radical (unpaired) electrons. The number of rotatable bonds is 4. The molecule has 1 fully saturated rings. The summed E-state index contributed by atoms with van der Waals surface area (Å²) in [4.78, 5) is 25.1. The van der Waals surface area contributed by atoms with Gasteiger partial charge in [-0.2, -0.15) is 0 Å². The van der Waals surface area contributed by atoms with E-state index in [1.165, 1.54) is 43.4 Å². The predicted octanol–water partition coefficient (Wildman–Crippen LogP) is 2.17. The summed E-state index contributed by atoms with van der Waals surface area (Å²) in [6, 6.07) is 4.41. The van der Waals surface area contributed by atoms with Gasteiger partial charge < -0.3 is 20.5 Å². The Morgan fingerprint density at radius 3 is 3.03 bits per heavy atom. The SMILES string of the molecule is COc1cnc(C(=O)Nc2ccc(F)c(C34COCCC3CSC(N)=N4)c2)cn1. The van der Waals surface area contributed by atoms with Crippen LogP contribution in [0.25, 0.3) is 0 Å². The Bertz CT molecular complexity index is 955. The first-order valence-electron chi connectivity index (χ1n) is 9.05. The van der Waals surface area contributed by atoms with Gasteiger partial charge in [0.15, 0.2) is 5.17 Å². The Hall–Kier alpha value is -2.72. The molecule has 4 rings (SSSR count). The van der Waals surface area contributed by atoms with E-state index in [1.54, 1.807) is 6.07 Å². The van der Waals surface area contributed by atoms with Crippen LogP contribution < -0.4 is 15.8 Å². The molecule has 2 aromatic rings. The van der Waals surface area contributed by atoms with Gasteiger partial charge in [-0.15, -0.1) is 0 Å². The summed E-state index contributed by atoms with van der Waals surface area (Å²) in [7, 11) is 1.46. The smallest absolute Gasteiger partial charge is 0.275 e. The van der Waals surface area contributed by atoms with E-state index in [1.807, 2.05) is 0 Å². The third kappa shape index (κ3) is 3.77. The second kappa shape index (κ2) is 7.96. The average Bonchev–Trinajstić information content (AvgIpc) is 2.74. The summed E-state index contributed by atoms with van der Waals surface area (Å²) in [5, 5.41) is 3.14. The molecule has 0 spiro atoms. The topological polar surface area (TPSA) is 112 Å². The standard InChI is InChI=1S/C19H20FN5O3S/c1-27-16-8-22-15(7-23-16)17(26)24-12-2-3-14(20)13(6-12)19-10-28-5-4-11(19)9-29-18(21)25-19/h2-3,6-8,11H,4-5,9-10H2,1H3,(H2,21,25)(H,24,26). The van der Waals surface area contributed by atoms with E-state index < -0.39 is 17.3 Å². The van der Waals surface area contributed by atoms with E-state index in [9.17, 15) is 9.18 Å². The molecule has 10 heteroatoms. The van der Waals surface area contributed by atoms with E-state index in [0.29, 0.717) is 28.9 Å². The highest BCUT2D eigenvalue weighted by molar-refractivity contribution is 8.13. The zero-order chi connectivity index (χ0) is 20.4. The molecule has 0 aliphatic carbocycles. The van der Waals surface area contributed by atoms with Crippen molar-refractivity contribution in [2.24, 2.45) is 16.6 Å². The first kappa shape index (κ1) is 19.6. The molecule has 8 nitrogen and oxygen atoms in total. The van der Waals surface area contributed by atoms with Crippen molar-refractivity contribution in [2.45, 2.75) is 12.0 Å². The highest BCUT2D eigenvalue weighted by Gasteiger charge is 2.47. The number of aliphatic imine (C=N–C) groups is 1. The largest absolute Gasteiger partial charge is 0.480 e. The Kier molecular flexibility index (Phi) is 5.37. The number of hydrogen-bond donors (Lipinski definition) is 2. The number of nitrogens with two attached hydrogens (primary N) is 1. The van der Waals surface area contributed by atoms with Crippen LogP contribution in [0.4, 0.5) is 10.1 Å². The maximum Gasteiger partial charge on any atom is 0.275 e. The Balaban J connectivity index is 1.65. The molecule has 2 aliphatic heterocycles. The quantitative estimate of drug-likeness (QED) is 0.784. The molecule has 2 unspecified atom stereocenters. The summed E-state index contributed by atoms with van der Waals surface area (Å²) in [5.74, 6) is 0.274. The number of carbonyl (C=O) groups is 1. The van der Waals surface area contributed by atoms with E-state index in [-0.39, 0.29) is 18.2 Å². The highest BCUT2D eigenvalue weighted by atomic mass is 32.2. The summed E-state index contributed by atoms with van der Waals surface area (Å²) in [6.07, 6.45) is 3.43. The first-order chi connectivity index (χ1) is 14.0. The fourth-order valence-electron chi connectivity index (χ4n) is 3.60. The van der Waals surface area contributed by atoms with E-state index in [2.05, 4.69) is 20.3 Å². The van der Waals surface area contributed by atoms with E-state index >= 15 is 0 Å². The molecule has 0 bridgehead atoms. The van der Waals surface area contributed by atoms with Gasteiger partial charge in [0.25, 0.3) is 5.91 Å². The molecule has 152 valence electrons. The van der Waals surface area contributed by atoms with Gasteiger partial charge >= 0.3 is 0 Å². The lowest BCUT2D eigenvalue weighted by Crippen LogP contribution is -2.48.